The third kappa shape index (κ3) is 5.37. The average Bonchev–Trinajstić information content (AvgIpc) is 2.81. The standard InChI is InChI=1S/C24H18O8/c25-11-15-1-5-17(6-2-15)19-9-22(32-14-24(29)30)20(10-21(19)31-13-23(27)28)18-7-3-16(12-26)4-8-18/h1-12H,13-14H2,(H,27,28)(H,29,30). The van der Waals surface area contributed by atoms with Crippen LogP contribution in [0.4, 0.5) is 0 Å². The molecule has 0 unspecified atom stereocenters. The summed E-state index contributed by atoms with van der Waals surface area (Å²) in [5.74, 6) is -1.89. The monoisotopic (exact) mass is 434 g/mol. The zero-order chi connectivity index (χ0) is 23.1. The molecule has 0 bridgehead atoms. The predicted octanol–water partition coefficient (Wildman–Crippen LogP) is 3.57. The number of aliphatic carboxylic acids is 2. The molecule has 0 aliphatic rings. The molecule has 0 fully saturated rings. The van der Waals surface area contributed by atoms with Gasteiger partial charge in [-0.05, 0) is 23.3 Å². The maximum atomic E-state index is 11.1. The molecule has 0 heterocycles. The van der Waals surface area contributed by atoms with E-state index in [0.29, 0.717) is 46.0 Å². The first-order chi connectivity index (χ1) is 15.4. The largest absolute Gasteiger partial charge is 0.481 e. The van der Waals surface area contributed by atoms with Crippen molar-refractivity contribution in [2.75, 3.05) is 13.2 Å². The van der Waals surface area contributed by atoms with Crippen molar-refractivity contribution in [3.8, 4) is 33.8 Å². The molecule has 0 radical (unpaired) electrons. The number of carboxylic acids is 2. The first-order valence-electron chi connectivity index (χ1n) is 9.39. The van der Waals surface area contributed by atoms with Crippen molar-refractivity contribution in [1.29, 1.82) is 0 Å². The van der Waals surface area contributed by atoms with Gasteiger partial charge in [-0.3, -0.25) is 9.59 Å². The van der Waals surface area contributed by atoms with Crippen LogP contribution in [0.3, 0.4) is 0 Å². The Morgan fingerprint density at radius 2 is 1.00 bits per heavy atom. The third-order valence-corrected chi connectivity index (χ3v) is 4.50. The molecule has 3 rings (SSSR count). The SMILES string of the molecule is O=Cc1ccc(-c2cc(OCC(=O)O)c(-c3ccc(C=O)cc3)cc2OCC(=O)O)cc1. The summed E-state index contributed by atoms with van der Waals surface area (Å²) in [4.78, 5) is 44.1. The molecular weight excluding hydrogens is 416 g/mol. The van der Waals surface area contributed by atoms with Crippen molar-refractivity contribution in [1.82, 2.24) is 0 Å². The molecule has 8 nitrogen and oxygen atoms in total. The van der Waals surface area contributed by atoms with Gasteiger partial charge in [0.25, 0.3) is 0 Å². The Hall–Kier alpha value is -4.46. The van der Waals surface area contributed by atoms with Crippen LogP contribution in [0.25, 0.3) is 22.3 Å². The quantitative estimate of drug-likeness (QED) is 0.464. The maximum absolute atomic E-state index is 11.1. The summed E-state index contributed by atoms with van der Waals surface area (Å²) in [5.41, 5.74) is 3.04. The van der Waals surface area contributed by atoms with E-state index in [2.05, 4.69) is 0 Å². The number of carbonyl (C=O) groups excluding carboxylic acids is 2. The van der Waals surface area contributed by atoms with E-state index in [1.54, 1.807) is 60.7 Å². The number of benzene rings is 3. The van der Waals surface area contributed by atoms with Crippen molar-refractivity contribution in [3.63, 3.8) is 0 Å². The molecule has 0 aromatic heterocycles. The maximum Gasteiger partial charge on any atom is 0.341 e. The van der Waals surface area contributed by atoms with Gasteiger partial charge in [-0.15, -0.1) is 0 Å². The van der Waals surface area contributed by atoms with Gasteiger partial charge in [0.05, 0.1) is 0 Å². The fraction of sp³-hybridized carbons (Fsp3) is 0.0833. The lowest BCUT2D eigenvalue weighted by molar-refractivity contribution is -0.140. The van der Waals surface area contributed by atoms with Crippen molar-refractivity contribution in [2.24, 2.45) is 0 Å². The summed E-state index contributed by atoms with van der Waals surface area (Å²) >= 11 is 0. The molecule has 3 aromatic rings. The number of hydrogen-bond acceptors (Lipinski definition) is 6. The van der Waals surface area contributed by atoms with E-state index in [9.17, 15) is 19.2 Å². The van der Waals surface area contributed by atoms with Crippen molar-refractivity contribution in [2.45, 2.75) is 0 Å². The Morgan fingerprint density at radius 1 is 0.656 bits per heavy atom. The van der Waals surface area contributed by atoms with Crippen LogP contribution in [0.2, 0.25) is 0 Å². The minimum atomic E-state index is -1.17. The summed E-state index contributed by atoms with van der Waals surface area (Å²) in [7, 11) is 0. The number of carboxylic acid groups (broad SMARTS) is 2. The molecule has 0 aliphatic carbocycles. The van der Waals surface area contributed by atoms with E-state index in [0.717, 1.165) is 0 Å². The molecule has 0 amide bonds. The number of ether oxygens (including phenoxy) is 2. The summed E-state index contributed by atoms with van der Waals surface area (Å²) in [6, 6.07) is 16.1. The normalized spacial score (nSPS) is 10.2. The number of hydrogen-bond donors (Lipinski definition) is 2. The lowest BCUT2D eigenvalue weighted by Crippen LogP contribution is -2.12. The zero-order valence-corrected chi connectivity index (χ0v) is 16.7. The first kappa shape index (κ1) is 22.2. The van der Waals surface area contributed by atoms with Crippen LogP contribution in [-0.2, 0) is 9.59 Å². The Balaban J connectivity index is 2.17. The van der Waals surface area contributed by atoms with E-state index < -0.39 is 25.2 Å². The van der Waals surface area contributed by atoms with E-state index in [4.69, 9.17) is 19.7 Å². The van der Waals surface area contributed by atoms with Gasteiger partial charge in [-0.25, -0.2) is 9.59 Å². The molecule has 0 aliphatic heterocycles. The molecule has 0 saturated heterocycles. The summed E-state index contributed by atoms with van der Waals surface area (Å²) in [5, 5.41) is 18.1. The van der Waals surface area contributed by atoms with E-state index in [1.165, 1.54) is 0 Å². The fourth-order valence-electron chi connectivity index (χ4n) is 3.01. The van der Waals surface area contributed by atoms with Crippen molar-refractivity contribution < 1.29 is 38.9 Å². The van der Waals surface area contributed by atoms with Gasteiger partial charge in [-0.2, -0.15) is 0 Å². The molecule has 32 heavy (non-hydrogen) atoms. The van der Waals surface area contributed by atoms with Crippen molar-refractivity contribution in [3.05, 3.63) is 71.8 Å². The highest BCUT2D eigenvalue weighted by molar-refractivity contribution is 5.84. The second kappa shape index (κ2) is 10.0. The molecule has 8 heteroatoms. The lowest BCUT2D eigenvalue weighted by atomic mass is 9.97. The number of aldehydes is 2. The topological polar surface area (TPSA) is 127 Å². The van der Waals surface area contributed by atoms with E-state index >= 15 is 0 Å². The van der Waals surface area contributed by atoms with E-state index in [1.807, 2.05) is 0 Å². The van der Waals surface area contributed by atoms with Crippen LogP contribution in [0, 0.1) is 0 Å². The van der Waals surface area contributed by atoms with Gasteiger partial charge in [-0.1, -0.05) is 48.5 Å². The van der Waals surface area contributed by atoms with Crippen molar-refractivity contribution >= 4 is 24.5 Å². The Bertz CT molecular complexity index is 1050. The Morgan fingerprint density at radius 3 is 1.28 bits per heavy atom. The van der Waals surface area contributed by atoms with Gasteiger partial charge in [0.2, 0.25) is 0 Å². The molecule has 0 atom stereocenters. The highest BCUT2D eigenvalue weighted by Crippen LogP contribution is 2.41. The molecule has 0 spiro atoms. The van der Waals surface area contributed by atoms with Crippen LogP contribution >= 0.6 is 0 Å². The highest BCUT2D eigenvalue weighted by Gasteiger charge is 2.17. The van der Waals surface area contributed by atoms with E-state index in [-0.39, 0.29) is 11.5 Å². The predicted molar refractivity (Wildman–Crippen MR) is 114 cm³/mol. The minimum Gasteiger partial charge on any atom is -0.481 e. The van der Waals surface area contributed by atoms with Crippen LogP contribution in [-0.4, -0.2) is 47.9 Å². The third-order valence-electron chi connectivity index (χ3n) is 4.50. The molecular formula is C24H18O8. The smallest absolute Gasteiger partial charge is 0.341 e. The molecule has 2 N–H and O–H groups in total. The number of carbonyl (C=O) groups is 4. The highest BCUT2D eigenvalue weighted by atomic mass is 16.5. The first-order valence-corrected chi connectivity index (χ1v) is 9.39. The average molecular weight is 434 g/mol. The second-order valence-electron chi connectivity index (χ2n) is 6.69. The van der Waals surface area contributed by atoms with Gasteiger partial charge in [0.15, 0.2) is 13.2 Å². The Kier molecular flexibility index (Phi) is 6.97. The zero-order valence-electron chi connectivity index (χ0n) is 16.7. The van der Waals surface area contributed by atoms with Crippen LogP contribution in [0.1, 0.15) is 20.7 Å². The summed E-state index contributed by atoms with van der Waals surface area (Å²) in [6.07, 6.45) is 1.39. The van der Waals surface area contributed by atoms with Gasteiger partial charge in [0, 0.05) is 22.3 Å². The van der Waals surface area contributed by atoms with Crippen LogP contribution < -0.4 is 9.47 Å². The van der Waals surface area contributed by atoms with Gasteiger partial charge >= 0.3 is 11.9 Å². The fourth-order valence-corrected chi connectivity index (χ4v) is 3.01. The lowest BCUT2D eigenvalue weighted by Gasteiger charge is -2.17. The van der Waals surface area contributed by atoms with Gasteiger partial charge in [0.1, 0.15) is 24.1 Å². The second-order valence-corrected chi connectivity index (χ2v) is 6.69. The molecule has 162 valence electrons. The number of rotatable bonds is 10. The molecule has 3 aromatic carbocycles. The summed E-state index contributed by atoms with van der Waals surface area (Å²) < 4.78 is 11.0. The van der Waals surface area contributed by atoms with Crippen LogP contribution in [0.15, 0.2) is 60.7 Å². The summed E-state index contributed by atoms with van der Waals surface area (Å²) in [6.45, 7) is -1.20. The van der Waals surface area contributed by atoms with Crippen LogP contribution in [0.5, 0.6) is 11.5 Å². The Labute approximate surface area is 182 Å². The minimum absolute atomic E-state index is 0.225. The molecule has 0 saturated carbocycles. The van der Waals surface area contributed by atoms with Gasteiger partial charge < -0.3 is 19.7 Å².